The Labute approximate surface area is 122 Å². The minimum absolute atomic E-state index is 0.514. The van der Waals surface area contributed by atoms with Gasteiger partial charge in [-0.25, -0.2) is 0 Å². The highest BCUT2D eigenvalue weighted by atomic mass is 32.2. The lowest BCUT2D eigenvalue weighted by molar-refractivity contribution is 0.0648. The van der Waals surface area contributed by atoms with E-state index in [1.807, 2.05) is 0 Å². The first-order valence-corrected chi connectivity index (χ1v) is 9.15. The standard InChI is InChI=1S/C13H26N4O2S/c1-15-7-2-3-12-11-17(8-4-13(12)15)20(18,19)16-9-5-14-6-10-16/h12-14H,2-11H2,1H3. The molecule has 0 amide bonds. The molecule has 0 spiro atoms. The third-order valence-electron chi connectivity index (χ3n) is 5.04. The maximum Gasteiger partial charge on any atom is 0.282 e. The molecule has 2 atom stereocenters. The van der Waals surface area contributed by atoms with Gasteiger partial charge >= 0.3 is 0 Å². The Bertz CT molecular complexity index is 436. The van der Waals surface area contributed by atoms with Crippen LogP contribution >= 0.6 is 0 Å². The van der Waals surface area contributed by atoms with Gasteiger partial charge in [-0.1, -0.05) is 0 Å². The first-order chi connectivity index (χ1) is 9.59. The van der Waals surface area contributed by atoms with Crippen molar-refractivity contribution in [2.45, 2.75) is 25.3 Å². The van der Waals surface area contributed by atoms with Gasteiger partial charge in [0, 0.05) is 45.3 Å². The Kier molecular flexibility index (Phi) is 4.33. The van der Waals surface area contributed by atoms with Crippen molar-refractivity contribution in [1.82, 2.24) is 18.8 Å². The number of nitrogens with zero attached hydrogens (tertiary/aromatic N) is 3. The normalized spacial score (nSPS) is 34.9. The van der Waals surface area contributed by atoms with Crippen molar-refractivity contribution < 1.29 is 8.42 Å². The molecule has 3 aliphatic rings. The minimum Gasteiger partial charge on any atom is -0.314 e. The van der Waals surface area contributed by atoms with E-state index >= 15 is 0 Å². The highest BCUT2D eigenvalue weighted by Crippen LogP contribution is 2.31. The summed E-state index contributed by atoms with van der Waals surface area (Å²) in [6, 6.07) is 0.582. The molecular weight excluding hydrogens is 276 g/mol. The number of hydrogen-bond donors (Lipinski definition) is 1. The fourth-order valence-electron chi connectivity index (χ4n) is 3.87. The lowest BCUT2D eigenvalue weighted by Gasteiger charge is -2.46. The van der Waals surface area contributed by atoms with Gasteiger partial charge in [0.1, 0.15) is 0 Å². The molecule has 0 bridgehead atoms. The number of likely N-dealkylation sites (tertiary alicyclic amines) is 1. The van der Waals surface area contributed by atoms with Crippen LogP contribution in [0.25, 0.3) is 0 Å². The summed E-state index contributed by atoms with van der Waals surface area (Å²) >= 11 is 0. The third kappa shape index (κ3) is 2.74. The van der Waals surface area contributed by atoms with Gasteiger partial charge in [0.05, 0.1) is 0 Å². The molecule has 3 rings (SSSR count). The predicted molar refractivity (Wildman–Crippen MR) is 78.7 cm³/mol. The smallest absolute Gasteiger partial charge is 0.282 e. The summed E-state index contributed by atoms with van der Waals surface area (Å²) in [5, 5.41) is 3.21. The van der Waals surface area contributed by atoms with Crippen molar-refractivity contribution >= 4 is 10.2 Å². The van der Waals surface area contributed by atoms with Crippen molar-refractivity contribution in [1.29, 1.82) is 0 Å². The van der Waals surface area contributed by atoms with E-state index in [2.05, 4.69) is 17.3 Å². The van der Waals surface area contributed by atoms with Gasteiger partial charge in [0.2, 0.25) is 0 Å². The van der Waals surface area contributed by atoms with Crippen LogP contribution in [0.3, 0.4) is 0 Å². The molecular formula is C13H26N4O2S. The van der Waals surface area contributed by atoms with Crippen LogP contribution in [0.1, 0.15) is 19.3 Å². The summed E-state index contributed by atoms with van der Waals surface area (Å²) in [6.07, 6.45) is 3.34. The Morgan fingerprint density at radius 1 is 1.00 bits per heavy atom. The zero-order valence-electron chi connectivity index (χ0n) is 12.3. The van der Waals surface area contributed by atoms with E-state index in [1.165, 1.54) is 12.8 Å². The molecule has 0 radical (unpaired) electrons. The van der Waals surface area contributed by atoms with Crippen molar-refractivity contribution in [2.75, 3.05) is 52.9 Å². The highest BCUT2D eigenvalue weighted by molar-refractivity contribution is 7.86. The maximum atomic E-state index is 12.7. The van der Waals surface area contributed by atoms with Gasteiger partial charge in [0.25, 0.3) is 10.2 Å². The molecule has 116 valence electrons. The van der Waals surface area contributed by atoms with E-state index in [0.717, 1.165) is 26.1 Å². The SMILES string of the molecule is CN1CCCC2CN(S(=O)(=O)N3CCNCC3)CCC21. The van der Waals surface area contributed by atoms with Gasteiger partial charge in [-0.2, -0.15) is 17.0 Å². The molecule has 0 aromatic carbocycles. The highest BCUT2D eigenvalue weighted by Gasteiger charge is 2.40. The molecule has 3 aliphatic heterocycles. The van der Waals surface area contributed by atoms with Crippen LogP contribution in [-0.4, -0.2) is 80.8 Å². The van der Waals surface area contributed by atoms with Crippen LogP contribution < -0.4 is 5.32 Å². The van der Waals surface area contributed by atoms with Crippen LogP contribution in [0.2, 0.25) is 0 Å². The molecule has 1 N–H and O–H groups in total. The van der Waals surface area contributed by atoms with Crippen LogP contribution in [-0.2, 0) is 10.2 Å². The molecule has 3 fully saturated rings. The molecule has 6 nitrogen and oxygen atoms in total. The molecule has 0 aromatic rings. The van der Waals surface area contributed by atoms with E-state index < -0.39 is 10.2 Å². The lowest BCUT2D eigenvalue weighted by Crippen LogP contribution is -2.58. The number of nitrogens with one attached hydrogen (secondary N) is 1. The second kappa shape index (κ2) is 5.88. The van der Waals surface area contributed by atoms with Crippen LogP contribution in [0, 0.1) is 5.92 Å². The van der Waals surface area contributed by atoms with Gasteiger partial charge < -0.3 is 10.2 Å². The Balaban J connectivity index is 1.68. The summed E-state index contributed by atoms with van der Waals surface area (Å²) in [6.45, 7) is 5.29. The van der Waals surface area contributed by atoms with Gasteiger partial charge in [-0.05, 0) is 38.8 Å². The second-order valence-electron chi connectivity index (χ2n) is 6.25. The molecule has 0 saturated carbocycles. The number of rotatable bonds is 2. The fraction of sp³-hybridized carbons (Fsp3) is 1.00. The van der Waals surface area contributed by atoms with Crippen molar-refractivity contribution in [2.24, 2.45) is 5.92 Å². The van der Waals surface area contributed by atoms with E-state index in [4.69, 9.17) is 0 Å². The summed E-state index contributed by atoms with van der Waals surface area (Å²) < 4.78 is 28.8. The Hall–Kier alpha value is -0.210. The number of hydrogen-bond acceptors (Lipinski definition) is 4. The number of piperidine rings is 2. The zero-order valence-corrected chi connectivity index (χ0v) is 13.1. The monoisotopic (exact) mass is 302 g/mol. The topological polar surface area (TPSA) is 55.9 Å². The van der Waals surface area contributed by atoms with E-state index in [-0.39, 0.29) is 0 Å². The first-order valence-electron chi connectivity index (χ1n) is 7.75. The third-order valence-corrected chi connectivity index (χ3v) is 7.04. The van der Waals surface area contributed by atoms with Gasteiger partial charge in [0.15, 0.2) is 0 Å². The lowest BCUT2D eigenvalue weighted by atomic mass is 9.85. The molecule has 0 aliphatic carbocycles. The largest absolute Gasteiger partial charge is 0.314 e. The summed E-state index contributed by atoms with van der Waals surface area (Å²) in [5.74, 6) is 0.514. The first kappa shape index (κ1) is 14.7. The summed E-state index contributed by atoms with van der Waals surface area (Å²) in [5.41, 5.74) is 0. The molecule has 20 heavy (non-hydrogen) atoms. The Morgan fingerprint density at radius 2 is 1.75 bits per heavy atom. The average molecular weight is 302 g/mol. The van der Waals surface area contributed by atoms with E-state index in [1.54, 1.807) is 8.61 Å². The summed E-state index contributed by atoms with van der Waals surface area (Å²) in [7, 11) is -1.07. The zero-order chi connectivity index (χ0) is 14.2. The second-order valence-corrected chi connectivity index (χ2v) is 8.18. The average Bonchev–Trinajstić information content (AvgIpc) is 2.48. The quantitative estimate of drug-likeness (QED) is 0.751. The van der Waals surface area contributed by atoms with E-state index in [0.29, 0.717) is 38.1 Å². The van der Waals surface area contributed by atoms with Crippen molar-refractivity contribution in [3.63, 3.8) is 0 Å². The van der Waals surface area contributed by atoms with Crippen LogP contribution in [0.15, 0.2) is 0 Å². The van der Waals surface area contributed by atoms with Crippen molar-refractivity contribution in [3.8, 4) is 0 Å². The van der Waals surface area contributed by atoms with Crippen LogP contribution in [0.5, 0.6) is 0 Å². The Morgan fingerprint density at radius 3 is 2.50 bits per heavy atom. The minimum atomic E-state index is -3.24. The fourth-order valence-corrected chi connectivity index (χ4v) is 5.55. The maximum absolute atomic E-state index is 12.7. The molecule has 3 saturated heterocycles. The van der Waals surface area contributed by atoms with Crippen molar-refractivity contribution in [3.05, 3.63) is 0 Å². The van der Waals surface area contributed by atoms with E-state index in [9.17, 15) is 8.42 Å². The van der Waals surface area contributed by atoms with Gasteiger partial charge in [-0.15, -0.1) is 0 Å². The molecule has 3 heterocycles. The number of piperazine rings is 1. The number of fused-ring (bicyclic) bond motifs is 1. The summed E-state index contributed by atoms with van der Waals surface area (Å²) in [4.78, 5) is 2.42. The molecule has 2 unspecified atom stereocenters. The van der Waals surface area contributed by atoms with Crippen LogP contribution in [0.4, 0.5) is 0 Å². The molecule has 7 heteroatoms. The molecule has 0 aromatic heterocycles. The van der Waals surface area contributed by atoms with Gasteiger partial charge in [-0.3, -0.25) is 0 Å². The predicted octanol–water partition coefficient (Wildman–Crippen LogP) is -0.447.